The third-order valence-electron chi connectivity index (χ3n) is 6.25. The van der Waals surface area contributed by atoms with Crippen LogP contribution in [-0.4, -0.2) is 56.9 Å². The zero-order valence-electron chi connectivity index (χ0n) is 20.4. The zero-order valence-corrected chi connectivity index (χ0v) is 21.2. The van der Waals surface area contributed by atoms with E-state index in [1.165, 1.54) is 21.3 Å². The number of carbonyl (C=O) groups is 1. The summed E-state index contributed by atoms with van der Waals surface area (Å²) < 4.78 is 42.1. The molecule has 0 spiro atoms. The molecule has 9 nitrogen and oxygen atoms in total. The molecule has 1 aromatic heterocycles. The third kappa shape index (κ3) is 4.97. The summed E-state index contributed by atoms with van der Waals surface area (Å²) in [6.07, 6.45) is 0.454. The number of sulfone groups is 1. The summed E-state index contributed by atoms with van der Waals surface area (Å²) in [5.41, 5.74) is 4.43. The van der Waals surface area contributed by atoms with Gasteiger partial charge in [-0.2, -0.15) is 5.10 Å². The van der Waals surface area contributed by atoms with Gasteiger partial charge < -0.3 is 19.5 Å². The minimum Gasteiger partial charge on any atom is -0.493 e. The second-order valence-corrected chi connectivity index (χ2v) is 10.8. The van der Waals surface area contributed by atoms with Crippen LogP contribution in [0.15, 0.2) is 36.4 Å². The minimum absolute atomic E-state index is 0.000456. The molecule has 1 aliphatic rings. The van der Waals surface area contributed by atoms with Gasteiger partial charge in [0.25, 0.3) is 5.91 Å². The van der Waals surface area contributed by atoms with Crippen molar-refractivity contribution in [1.29, 1.82) is 0 Å². The Labute approximate surface area is 204 Å². The van der Waals surface area contributed by atoms with Crippen molar-refractivity contribution in [2.75, 3.05) is 38.2 Å². The highest BCUT2D eigenvalue weighted by Crippen LogP contribution is 2.40. The number of methoxy groups -OCH3 is 3. The molecule has 2 aromatic carbocycles. The van der Waals surface area contributed by atoms with Gasteiger partial charge in [0, 0.05) is 23.4 Å². The van der Waals surface area contributed by atoms with Crippen LogP contribution in [-0.2, 0) is 9.84 Å². The summed E-state index contributed by atoms with van der Waals surface area (Å²) in [6.45, 7) is 4.04. The topological polar surface area (TPSA) is 109 Å². The number of nitrogens with zero attached hydrogens (tertiary/aromatic N) is 2. The van der Waals surface area contributed by atoms with Crippen LogP contribution < -0.4 is 19.5 Å². The van der Waals surface area contributed by atoms with Crippen LogP contribution in [0.25, 0.3) is 11.3 Å². The van der Waals surface area contributed by atoms with Crippen LogP contribution in [0.3, 0.4) is 0 Å². The quantitative estimate of drug-likeness (QED) is 0.527. The predicted octanol–water partition coefficient (Wildman–Crippen LogP) is 3.80. The molecule has 1 N–H and O–H groups in total. The first-order valence-electron chi connectivity index (χ1n) is 11.1. The monoisotopic (exact) mass is 499 g/mol. The maximum atomic E-state index is 13.2. The number of ether oxygens (including phenoxy) is 3. The number of carbonyl (C=O) groups excluding carboxylic acids is 1. The fourth-order valence-electron chi connectivity index (χ4n) is 4.22. The summed E-state index contributed by atoms with van der Waals surface area (Å²) in [5, 5.41) is 7.38. The van der Waals surface area contributed by atoms with Gasteiger partial charge in [-0.25, -0.2) is 8.42 Å². The fraction of sp³-hybridized carbons (Fsp3) is 0.360. The molecule has 0 saturated carbocycles. The molecule has 2 heterocycles. The molecular formula is C25H29N3O6S. The van der Waals surface area contributed by atoms with Crippen molar-refractivity contribution in [3.05, 3.63) is 53.2 Å². The summed E-state index contributed by atoms with van der Waals surface area (Å²) in [5.74, 6) is 0.886. The highest BCUT2D eigenvalue weighted by atomic mass is 32.2. The molecule has 0 radical (unpaired) electrons. The molecule has 1 atom stereocenters. The van der Waals surface area contributed by atoms with Crippen LogP contribution in [0.1, 0.15) is 34.1 Å². The van der Waals surface area contributed by atoms with E-state index in [2.05, 4.69) is 10.4 Å². The van der Waals surface area contributed by atoms with E-state index >= 15 is 0 Å². The average Bonchev–Trinajstić information content (AvgIpc) is 3.43. The van der Waals surface area contributed by atoms with Gasteiger partial charge in [0.05, 0.1) is 44.6 Å². The van der Waals surface area contributed by atoms with E-state index in [0.717, 1.165) is 16.7 Å². The van der Waals surface area contributed by atoms with Crippen molar-refractivity contribution in [2.45, 2.75) is 26.3 Å². The molecule has 1 amide bonds. The molecule has 186 valence electrons. The molecule has 0 unspecified atom stereocenters. The Morgan fingerprint density at radius 3 is 2.23 bits per heavy atom. The predicted molar refractivity (Wildman–Crippen MR) is 133 cm³/mol. The number of hydrogen-bond donors (Lipinski definition) is 1. The lowest BCUT2D eigenvalue weighted by atomic mass is 10.0. The standard InChI is InChI=1S/C25H29N3O6S/c1-15-6-7-17(10-16(15)2)21-13-20(27-28(21)19-8-9-35(30,31)14-19)25(29)26-18-11-22(32-3)24(34-5)23(12-18)33-4/h6-7,10-13,19H,8-9,14H2,1-5H3,(H,26,29)/t19-/m1/s1. The van der Waals surface area contributed by atoms with Gasteiger partial charge in [-0.3, -0.25) is 9.48 Å². The van der Waals surface area contributed by atoms with Crippen LogP contribution in [0.5, 0.6) is 17.2 Å². The number of aryl methyl sites for hydroxylation is 2. The molecule has 10 heteroatoms. The van der Waals surface area contributed by atoms with E-state index in [9.17, 15) is 13.2 Å². The van der Waals surface area contributed by atoms with E-state index in [1.54, 1.807) is 22.9 Å². The largest absolute Gasteiger partial charge is 0.493 e. The fourth-order valence-corrected chi connectivity index (χ4v) is 5.91. The van der Waals surface area contributed by atoms with Crippen LogP contribution in [0.2, 0.25) is 0 Å². The highest BCUT2D eigenvalue weighted by molar-refractivity contribution is 7.91. The Hall–Kier alpha value is -3.53. The average molecular weight is 500 g/mol. The number of rotatable bonds is 7. The van der Waals surface area contributed by atoms with Crippen molar-refractivity contribution in [3.63, 3.8) is 0 Å². The minimum atomic E-state index is -3.14. The smallest absolute Gasteiger partial charge is 0.276 e. The van der Waals surface area contributed by atoms with Crippen molar-refractivity contribution >= 4 is 21.4 Å². The number of nitrogens with one attached hydrogen (secondary N) is 1. The summed E-state index contributed by atoms with van der Waals surface area (Å²) >= 11 is 0. The Kier molecular flexibility index (Phi) is 6.75. The zero-order chi connectivity index (χ0) is 25.3. The lowest BCUT2D eigenvalue weighted by Crippen LogP contribution is -2.16. The number of hydrogen-bond acceptors (Lipinski definition) is 7. The summed E-state index contributed by atoms with van der Waals surface area (Å²) in [4.78, 5) is 13.2. The Morgan fingerprint density at radius 1 is 1.00 bits per heavy atom. The highest BCUT2D eigenvalue weighted by Gasteiger charge is 2.32. The van der Waals surface area contributed by atoms with Gasteiger partial charge in [0.1, 0.15) is 0 Å². The lowest BCUT2D eigenvalue weighted by Gasteiger charge is -2.14. The lowest BCUT2D eigenvalue weighted by molar-refractivity contribution is 0.102. The number of amides is 1. The van der Waals surface area contributed by atoms with Crippen LogP contribution in [0.4, 0.5) is 5.69 Å². The van der Waals surface area contributed by atoms with Gasteiger partial charge in [-0.1, -0.05) is 12.1 Å². The van der Waals surface area contributed by atoms with Crippen molar-refractivity contribution in [1.82, 2.24) is 9.78 Å². The normalized spacial score (nSPS) is 16.7. The molecule has 1 saturated heterocycles. The van der Waals surface area contributed by atoms with Crippen LogP contribution in [0, 0.1) is 13.8 Å². The van der Waals surface area contributed by atoms with E-state index in [0.29, 0.717) is 35.1 Å². The van der Waals surface area contributed by atoms with Crippen molar-refractivity contribution < 1.29 is 27.4 Å². The number of aromatic nitrogens is 2. The van der Waals surface area contributed by atoms with Crippen LogP contribution >= 0.6 is 0 Å². The summed E-state index contributed by atoms with van der Waals surface area (Å²) in [7, 11) is 1.35. The van der Waals surface area contributed by atoms with Crippen molar-refractivity contribution in [3.8, 4) is 28.5 Å². The molecule has 35 heavy (non-hydrogen) atoms. The maximum Gasteiger partial charge on any atom is 0.276 e. The van der Waals surface area contributed by atoms with E-state index in [1.807, 2.05) is 32.0 Å². The van der Waals surface area contributed by atoms with Gasteiger partial charge >= 0.3 is 0 Å². The van der Waals surface area contributed by atoms with Gasteiger partial charge in [-0.05, 0) is 43.5 Å². The summed E-state index contributed by atoms with van der Waals surface area (Å²) in [6, 6.07) is 10.6. The first-order valence-corrected chi connectivity index (χ1v) is 13.0. The van der Waals surface area contributed by atoms with Gasteiger partial charge in [-0.15, -0.1) is 0 Å². The third-order valence-corrected chi connectivity index (χ3v) is 8.00. The molecule has 0 aliphatic carbocycles. The first kappa shape index (κ1) is 24.6. The Bertz CT molecular complexity index is 1350. The number of benzene rings is 2. The second-order valence-electron chi connectivity index (χ2n) is 8.58. The van der Waals surface area contributed by atoms with Gasteiger partial charge in [0.15, 0.2) is 27.0 Å². The van der Waals surface area contributed by atoms with E-state index in [4.69, 9.17) is 14.2 Å². The molecular weight excluding hydrogens is 470 g/mol. The Balaban J connectivity index is 1.72. The maximum absolute atomic E-state index is 13.2. The molecule has 1 aliphatic heterocycles. The molecule has 4 rings (SSSR count). The first-order chi connectivity index (χ1) is 16.7. The molecule has 1 fully saturated rings. The molecule has 0 bridgehead atoms. The van der Waals surface area contributed by atoms with Gasteiger partial charge in [0.2, 0.25) is 5.75 Å². The van der Waals surface area contributed by atoms with E-state index < -0.39 is 15.7 Å². The SMILES string of the molecule is COc1cc(NC(=O)c2cc(-c3ccc(C)c(C)c3)n([C@@H]3CCS(=O)(=O)C3)n2)cc(OC)c1OC. The van der Waals surface area contributed by atoms with Crippen molar-refractivity contribution in [2.24, 2.45) is 0 Å². The molecule has 3 aromatic rings. The number of anilines is 1. The van der Waals surface area contributed by atoms with E-state index in [-0.39, 0.29) is 23.2 Å². The Morgan fingerprint density at radius 2 is 1.69 bits per heavy atom. The second kappa shape index (κ2) is 9.61.